The number of hydrogen-bond acceptors (Lipinski definition) is 3. The van der Waals surface area contributed by atoms with Crippen molar-refractivity contribution in [2.75, 3.05) is 19.6 Å². The molecule has 3 rings (SSSR count). The second-order valence-electron chi connectivity index (χ2n) is 5.79. The van der Waals surface area contributed by atoms with E-state index in [1.54, 1.807) is 0 Å². The highest BCUT2D eigenvalue weighted by atomic mass is 32.1. The van der Waals surface area contributed by atoms with Crippen LogP contribution in [0.15, 0.2) is 16.8 Å². The van der Waals surface area contributed by atoms with Crippen LogP contribution >= 0.6 is 11.3 Å². The number of piperazine rings is 1. The second-order valence-corrected chi connectivity index (χ2v) is 6.57. The molecule has 1 aliphatic heterocycles. The highest BCUT2D eigenvalue weighted by molar-refractivity contribution is 7.07. The Bertz CT molecular complexity index is 359. The SMILES string of the molecule is CCC1CNC(C2CC2)CN1CCc1ccsc1. The van der Waals surface area contributed by atoms with Crippen LogP contribution in [0.5, 0.6) is 0 Å². The molecule has 2 heterocycles. The van der Waals surface area contributed by atoms with E-state index in [2.05, 4.69) is 34.0 Å². The topological polar surface area (TPSA) is 15.3 Å². The van der Waals surface area contributed by atoms with Crippen molar-refractivity contribution >= 4 is 11.3 Å². The molecule has 3 heteroatoms. The first-order valence-corrected chi connectivity index (χ1v) is 8.29. The van der Waals surface area contributed by atoms with Crippen LogP contribution in [0.4, 0.5) is 0 Å². The summed E-state index contributed by atoms with van der Waals surface area (Å²) in [6.45, 7) is 6.02. The number of thiophene rings is 1. The molecule has 2 atom stereocenters. The normalized spacial score (nSPS) is 29.6. The van der Waals surface area contributed by atoms with Gasteiger partial charge in [0, 0.05) is 31.7 Å². The average molecular weight is 264 g/mol. The van der Waals surface area contributed by atoms with Gasteiger partial charge in [0.15, 0.2) is 0 Å². The van der Waals surface area contributed by atoms with E-state index in [4.69, 9.17) is 0 Å². The molecule has 0 bridgehead atoms. The van der Waals surface area contributed by atoms with Crippen LogP contribution < -0.4 is 5.32 Å². The van der Waals surface area contributed by atoms with Crippen molar-refractivity contribution in [1.29, 1.82) is 0 Å². The number of nitrogens with zero attached hydrogens (tertiary/aromatic N) is 1. The first kappa shape index (κ1) is 12.6. The molecule has 2 fully saturated rings. The largest absolute Gasteiger partial charge is 0.311 e. The minimum absolute atomic E-state index is 0.749. The maximum atomic E-state index is 3.77. The molecule has 0 amide bonds. The van der Waals surface area contributed by atoms with Gasteiger partial charge < -0.3 is 5.32 Å². The third kappa shape index (κ3) is 2.95. The van der Waals surface area contributed by atoms with Gasteiger partial charge in [-0.15, -0.1) is 0 Å². The molecule has 18 heavy (non-hydrogen) atoms. The van der Waals surface area contributed by atoms with Crippen LogP contribution in [0, 0.1) is 5.92 Å². The van der Waals surface area contributed by atoms with Gasteiger partial charge in [-0.2, -0.15) is 11.3 Å². The molecule has 2 aliphatic rings. The Hall–Kier alpha value is -0.380. The molecule has 1 N–H and O–H groups in total. The van der Waals surface area contributed by atoms with Crippen LogP contribution in [-0.2, 0) is 6.42 Å². The van der Waals surface area contributed by atoms with Gasteiger partial charge in [-0.1, -0.05) is 6.92 Å². The fourth-order valence-corrected chi connectivity index (χ4v) is 3.78. The Balaban J connectivity index is 1.55. The minimum atomic E-state index is 0.749. The van der Waals surface area contributed by atoms with Crippen LogP contribution in [0.3, 0.4) is 0 Å². The first-order valence-electron chi connectivity index (χ1n) is 7.35. The summed E-state index contributed by atoms with van der Waals surface area (Å²) in [5.74, 6) is 0.978. The summed E-state index contributed by atoms with van der Waals surface area (Å²) in [5.41, 5.74) is 1.51. The summed E-state index contributed by atoms with van der Waals surface area (Å²) >= 11 is 1.82. The van der Waals surface area contributed by atoms with Crippen molar-refractivity contribution in [2.24, 2.45) is 5.92 Å². The van der Waals surface area contributed by atoms with Crippen molar-refractivity contribution in [1.82, 2.24) is 10.2 Å². The smallest absolute Gasteiger partial charge is 0.0224 e. The van der Waals surface area contributed by atoms with E-state index in [1.165, 1.54) is 50.9 Å². The Morgan fingerprint density at radius 1 is 1.44 bits per heavy atom. The fourth-order valence-electron chi connectivity index (χ4n) is 3.08. The summed E-state index contributed by atoms with van der Waals surface area (Å²) in [7, 11) is 0. The van der Waals surface area contributed by atoms with Gasteiger partial charge in [0.25, 0.3) is 0 Å². The van der Waals surface area contributed by atoms with Gasteiger partial charge in [0.2, 0.25) is 0 Å². The summed E-state index contributed by atoms with van der Waals surface area (Å²) in [4.78, 5) is 2.73. The predicted octanol–water partition coefficient (Wildman–Crippen LogP) is 2.75. The summed E-state index contributed by atoms with van der Waals surface area (Å²) in [6.07, 6.45) is 5.39. The molecule has 100 valence electrons. The molecule has 2 nitrogen and oxygen atoms in total. The molecule has 2 unspecified atom stereocenters. The standard InChI is InChI=1S/C15H24N2S/c1-2-14-9-16-15(13-3-4-13)10-17(14)7-5-12-6-8-18-11-12/h6,8,11,13-16H,2-5,7,9-10H2,1H3. The van der Waals surface area contributed by atoms with Crippen LogP contribution in [0.25, 0.3) is 0 Å². The first-order chi connectivity index (χ1) is 8.86. The van der Waals surface area contributed by atoms with Crippen molar-refractivity contribution in [3.8, 4) is 0 Å². The molecular formula is C15H24N2S. The zero-order chi connectivity index (χ0) is 12.4. The second kappa shape index (κ2) is 5.72. The van der Waals surface area contributed by atoms with E-state index in [-0.39, 0.29) is 0 Å². The van der Waals surface area contributed by atoms with Crippen LogP contribution in [-0.4, -0.2) is 36.6 Å². The van der Waals surface area contributed by atoms with Gasteiger partial charge in [0.1, 0.15) is 0 Å². The lowest BCUT2D eigenvalue weighted by atomic mass is 10.0. The Labute approximate surface area is 114 Å². The van der Waals surface area contributed by atoms with Crippen molar-refractivity contribution in [2.45, 2.75) is 44.7 Å². The van der Waals surface area contributed by atoms with E-state index in [1.807, 2.05) is 11.3 Å². The summed E-state index contributed by atoms with van der Waals surface area (Å²) < 4.78 is 0. The zero-order valence-electron chi connectivity index (χ0n) is 11.3. The molecular weight excluding hydrogens is 240 g/mol. The molecule has 1 saturated heterocycles. The van der Waals surface area contributed by atoms with E-state index in [0.29, 0.717) is 0 Å². The fraction of sp³-hybridized carbons (Fsp3) is 0.733. The van der Waals surface area contributed by atoms with Crippen LogP contribution in [0.1, 0.15) is 31.7 Å². The van der Waals surface area contributed by atoms with E-state index in [9.17, 15) is 0 Å². The average Bonchev–Trinajstić information content (AvgIpc) is 3.13. The summed E-state index contributed by atoms with van der Waals surface area (Å²) in [5, 5.41) is 8.25. The lowest BCUT2D eigenvalue weighted by Crippen LogP contribution is -2.57. The number of nitrogens with one attached hydrogen (secondary N) is 1. The lowest BCUT2D eigenvalue weighted by molar-refractivity contribution is 0.120. The van der Waals surface area contributed by atoms with Gasteiger partial charge >= 0.3 is 0 Å². The Morgan fingerprint density at radius 3 is 3.00 bits per heavy atom. The third-order valence-electron chi connectivity index (χ3n) is 4.49. The molecule has 0 aromatic carbocycles. The quantitative estimate of drug-likeness (QED) is 0.880. The maximum Gasteiger partial charge on any atom is 0.0224 e. The lowest BCUT2D eigenvalue weighted by Gasteiger charge is -2.40. The maximum absolute atomic E-state index is 3.77. The zero-order valence-corrected chi connectivity index (χ0v) is 12.1. The van der Waals surface area contributed by atoms with E-state index >= 15 is 0 Å². The predicted molar refractivity (Wildman–Crippen MR) is 78.2 cm³/mol. The van der Waals surface area contributed by atoms with Gasteiger partial charge in [-0.3, -0.25) is 4.90 Å². The van der Waals surface area contributed by atoms with Gasteiger partial charge in [-0.25, -0.2) is 0 Å². The molecule has 1 saturated carbocycles. The highest BCUT2D eigenvalue weighted by Crippen LogP contribution is 2.34. The molecule has 0 radical (unpaired) electrons. The van der Waals surface area contributed by atoms with Crippen molar-refractivity contribution in [3.05, 3.63) is 22.4 Å². The van der Waals surface area contributed by atoms with Crippen molar-refractivity contribution < 1.29 is 0 Å². The molecule has 1 aromatic heterocycles. The number of rotatable bonds is 5. The molecule has 1 aromatic rings. The monoisotopic (exact) mass is 264 g/mol. The third-order valence-corrected chi connectivity index (χ3v) is 5.23. The van der Waals surface area contributed by atoms with E-state index < -0.39 is 0 Å². The van der Waals surface area contributed by atoms with Gasteiger partial charge in [-0.05, 0) is 54.0 Å². The highest BCUT2D eigenvalue weighted by Gasteiger charge is 2.36. The minimum Gasteiger partial charge on any atom is -0.311 e. The molecule has 1 aliphatic carbocycles. The van der Waals surface area contributed by atoms with E-state index in [0.717, 1.165) is 18.0 Å². The Kier molecular flexibility index (Phi) is 4.02. The number of hydrogen-bond donors (Lipinski definition) is 1. The Morgan fingerprint density at radius 2 is 2.33 bits per heavy atom. The summed E-state index contributed by atoms with van der Waals surface area (Å²) in [6, 6.07) is 3.79. The molecule has 0 spiro atoms. The van der Waals surface area contributed by atoms with Crippen LogP contribution in [0.2, 0.25) is 0 Å². The van der Waals surface area contributed by atoms with Gasteiger partial charge in [0.05, 0.1) is 0 Å². The van der Waals surface area contributed by atoms with Crippen molar-refractivity contribution in [3.63, 3.8) is 0 Å².